The third-order valence-electron chi connectivity index (χ3n) is 4.75. The SMILES string of the molecule is Cc1cc(C)n(Cc2cccc(C(=O)NCCCn3nc(C)c(Br)c3C)c2)n1. The van der Waals surface area contributed by atoms with Crippen molar-refractivity contribution in [1.82, 2.24) is 24.9 Å². The summed E-state index contributed by atoms with van der Waals surface area (Å²) in [5, 5.41) is 12.0. The molecule has 148 valence electrons. The Kier molecular flexibility index (Phi) is 6.34. The molecular weight excluding hydrogens is 418 g/mol. The Balaban J connectivity index is 1.54. The summed E-state index contributed by atoms with van der Waals surface area (Å²) >= 11 is 3.54. The van der Waals surface area contributed by atoms with Crippen molar-refractivity contribution in [3.63, 3.8) is 0 Å². The molecule has 2 heterocycles. The van der Waals surface area contributed by atoms with Crippen LogP contribution in [0.5, 0.6) is 0 Å². The summed E-state index contributed by atoms with van der Waals surface area (Å²) in [6.45, 7) is 10.1. The van der Waals surface area contributed by atoms with E-state index in [0.717, 1.165) is 45.8 Å². The van der Waals surface area contributed by atoms with Gasteiger partial charge in [0, 0.05) is 30.0 Å². The van der Waals surface area contributed by atoms with Crippen LogP contribution in [0.2, 0.25) is 0 Å². The second-order valence-corrected chi connectivity index (χ2v) is 7.90. The number of carbonyl (C=O) groups is 1. The molecule has 0 aliphatic heterocycles. The maximum absolute atomic E-state index is 12.5. The molecule has 0 atom stereocenters. The number of nitrogens with zero attached hydrogens (tertiary/aromatic N) is 4. The van der Waals surface area contributed by atoms with Crippen molar-refractivity contribution in [2.24, 2.45) is 0 Å². The third-order valence-corrected chi connectivity index (χ3v) is 5.90. The standard InChI is InChI=1S/C21H26BrN5O/c1-14-11-15(2)27(24-14)13-18-7-5-8-19(12-18)21(28)23-9-6-10-26-17(4)20(22)16(3)25-26/h5,7-8,11-12H,6,9-10,13H2,1-4H3,(H,23,28). The summed E-state index contributed by atoms with van der Waals surface area (Å²) in [6.07, 6.45) is 0.825. The first-order valence-electron chi connectivity index (χ1n) is 9.43. The van der Waals surface area contributed by atoms with Crippen LogP contribution in [-0.2, 0) is 13.1 Å². The molecule has 0 bridgehead atoms. The first kappa shape index (κ1) is 20.3. The minimum Gasteiger partial charge on any atom is -0.352 e. The number of hydrogen-bond donors (Lipinski definition) is 1. The van der Waals surface area contributed by atoms with Crippen LogP contribution in [0.1, 0.15) is 45.1 Å². The molecule has 0 radical (unpaired) electrons. The molecule has 1 amide bonds. The molecule has 28 heavy (non-hydrogen) atoms. The number of amides is 1. The van der Waals surface area contributed by atoms with E-state index in [1.165, 1.54) is 0 Å². The number of aryl methyl sites for hydroxylation is 4. The second kappa shape index (κ2) is 8.73. The number of benzene rings is 1. The van der Waals surface area contributed by atoms with Gasteiger partial charge in [0.25, 0.3) is 5.91 Å². The van der Waals surface area contributed by atoms with E-state index in [4.69, 9.17) is 0 Å². The summed E-state index contributed by atoms with van der Waals surface area (Å²) in [5.74, 6) is -0.0511. The molecule has 6 nitrogen and oxygen atoms in total. The lowest BCUT2D eigenvalue weighted by atomic mass is 10.1. The molecule has 1 aromatic carbocycles. The number of halogens is 1. The lowest BCUT2D eigenvalue weighted by Crippen LogP contribution is -2.25. The van der Waals surface area contributed by atoms with Crippen LogP contribution in [-0.4, -0.2) is 32.0 Å². The van der Waals surface area contributed by atoms with Gasteiger partial charge in [-0.3, -0.25) is 14.2 Å². The summed E-state index contributed by atoms with van der Waals surface area (Å²) in [4.78, 5) is 12.5. The molecule has 0 aliphatic carbocycles. The van der Waals surface area contributed by atoms with E-state index in [9.17, 15) is 4.79 Å². The maximum Gasteiger partial charge on any atom is 0.251 e. The van der Waals surface area contributed by atoms with Gasteiger partial charge >= 0.3 is 0 Å². The molecule has 1 N–H and O–H groups in total. The Morgan fingerprint density at radius 2 is 1.89 bits per heavy atom. The summed E-state index contributed by atoms with van der Waals surface area (Å²) < 4.78 is 4.98. The summed E-state index contributed by atoms with van der Waals surface area (Å²) in [5.41, 5.74) is 5.95. The normalized spacial score (nSPS) is 11.0. The molecular formula is C21H26BrN5O. The number of hydrogen-bond acceptors (Lipinski definition) is 3. The molecule has 7 heteroatoms. The second-order valence-electron chi connectivity index (χ2n) is 7.10. The Morgan fingerprint density at radius 3 is 2.54 bits per heavy atom. The summed E-state index contributed by atoms with van der Waals surface area (Å²) in [7, 11) is 0. The van der Waals surface area contributed by atoms with Crippen LogP contribution in [0.15, 0.2) is 34.8 Å². The molecule has 0 fully saturated rings. The highest BCUT2D eigenvalue weighted by Crippen LogP contribution is 2.19. The molecule has 0 saturated carbocycles. The number of nitrogens with one attached hydrogen (secondary N) is 1. The maximum atomic E-state index is 12.5. The van der Waals surface area contributed by atoms with Crippen molar-refractivity contribution in [3.8, 4) is 0 Å². The molecule has 3 rings (SSSR count). The van der Waals surface area contributed by atoms with Crippen molar-refractivity contribution in [2.75, 3.05) is 6.54 Å². The average Bonchev–Trinajstić information content (AvgIpc) is 3.11. The minimum atomic E-state index is -0.0511. The summed E-state index contributed by atoms with van der Waals surface area (Å²) in [6, 6.07) is 9.78. The molecule has 0 spiro atoms. The lowest BCUT2D eigenvalue weighted by Gasteiger charge is -2.09. The van der Waals surface area contributed by atoms with Crippen LogP contribution < -0.4 is 5.32 Å². The van der Waals surface area contributed by atoms with Crippen molar-refractivity contribution in [2.45, 2.75) is 47.2 Å². The molecule has 0 aliphatic rings. The van der Waals surface area contributed by atoms with Gasteiger partial charge in [-0.1, -0.05) is 12.1 Å². The van der Waals surface area contributed by atoms with E-state index >= 15 is 0 Å². The predicted molar refractivity (Wildman–Crippen MR) is 114 cm³/mol. The highest BCUT2D eigenvalue weighted by molar-refractivity contribution is 9.10. The van der Waals surface area contributed by atoms with Crippen molar-refractivity contribution < 1.29 is 4.79 Å². The molecule has 0 saturated heterocycles. The van der Waals surface area contributed by atoms with Gasteiger partial charge in [0.2, 0.25) is 0 Å². The predicted octanol–water partition coefficient (Wildman–Crippen LogP) is 3.94. The zero-order chi connectivity index (χ0) is 20.3. The van der Waals surface area contributed by atoms with Gasteiger partial charge < -0.3 is 5.32 Å². The van der Waals surface area contributed by atoms with Gasteiger partial charge in [0.1, 0.15) is 0 Å². The molecule has 3 aromatic rings. The first-order chi connectivity index (χ1) is 13.3. The van der Waals surface area contributed by atoms with Gasteiger partial charge in [-0.05, 0) is 73.8 Å². The van der Waals surface area contributed by atoms with Crippen LogP contribution in [0.4, 0.5) is 0 Å². The smallest absolute Gasteiger partial charge is 0.251 e. The largest absolute Gasteiger partial charge is 0.352 e. The number of rotatable bonds is 7. The molecule has 0 unspecified atom stereocenters. The van der Waals surface area contributed by atoms with Gasteiger partial charge in [0.15, 0.2) is 0 Å². The Morgan fingerprint density at radius 1 is 1.11 bits per heavy atom. The van der Waals surface area contributed by atoms with Crippen molar-refractivity contribution >= 4 is 21.8 Å². The monoisotopic (exact) mass is 443 g/mol. The van der Waals surface area contributed by atoms with Crippen LogP contribution in [0.25, 0.3) is 0 Å². The quantitative estimate of drug-likeness (QED) is 0.562. The Bertz CT molecular complexity index is 989. The van der Waals surface area contributed by atoms with E-state index in [2.05, 4.69) is 37.5 Å². The van der Waals surface area contributed by atoms with Crippen LogP contribution in [0.3, 0.4) is 0 Å². The van der Waals surface area contributed by atoms with E-state index in [1.54, 1.807) is 0 Å². The highest BCUT2D eigenvalue weighted by Gasteiger charge is 2.10. The van der Waals surface area contributed by atoms with E-state index in [0.29, 0.717) is 18.7 Å². The minimum absolute atomic E-state index is 0.0511. The van der Waals surface area contributed by atoms with E-state index in [-0.39, 0.29) is 5.91 Å². The number of carbonyl (C=O) groups excluding carboxylic acids is 1. The van der Waals surface area contributed by atoms with Crippen molar-refractivity contribution in [1.29, 1.82) is 0 Å². The zero-order valence-electron chi connectivity index (χ0n) is 16.8. The highest BCUT2D eigenvalue weighted by atomic mass is 79.9. The number of aromatic nitrogens is 4. The van der Waals surface area contributed by atoms with Gasteiger partial charge in [-0.2, -0.15) is 10.2 Å². The van der Waals surface area contributed by atoms with Gasteiger partial charge in [0.05, 0.1) is 22.4 Å². The zero-order valence-corrected chi connectivity index (χ0v) is 18.4. The lowest BCUT2D eigenvalue weighted by molar-refractivity contribution is 0.0952. The van der Waals surface area contributed by atoms with Gasteiger partial charge in [-0.25, -0.2) is 0 Å². The van der Waals surface area contributed by atoms with E-state index < -0.39 is 0 Å². The Hall–Kier alpha value is -2.41. The van der Waals surface area contributed by atoms with Crippen LogP contribution in [0, 0.1) is 27.7 Å². The fourth-order valence-electron chi connectivity index (χ4n) is 3.24. The fourth-order valence-corrected chi connectivity index (χ4v) is 3.53. The fraction of sp³-hybridized carbons (Fsp3) is 0.381. The van der Waals surface area contributed by atoms with E-state index in [1.807, 2.05) is 61.3 Å². The van der Waals surface area contributed by atoms with Gasteiger partial charge in [-0.15, -0.1) is 0 Å². The average molecular weight is 444 g/mol. The topological polar surface area (TPSA) is 64.7 Å². The Labute approximate surface area is 174 Å². The third kappa shape index (κ3) is 4.70. The van der Waals surface area contributed by atoms with Crippen LogP contribution >= 0.6 is 15.9 Å². The molecule has 2 aromatic heterocycles. The van der Waals surface area contributed by atoms with Crippen molar-refractivity contribution in [3.05, 3.63) is 68.7 Å². The first-order valence-corrected chi connectivity index (χ1v) is 10.2.